The van der Waals surface area contributed by atoms with Crippen molar-refractivity contribution in [1.29, 1.82) is 0 Å². The average Bonchev–Trinajstić information content (AvgIpc) is 3.13. The predicted molar refractivity (Wildman–Crippen MR) is 135 cm³/mol. The molecule has 2 N–H and O–H groups in total. The van der Waals surface area contributed by atoms with E-state index in [0.717, 1.165) is 5.56 Å². The minimum atomic E-state index is -0.469. The van der Waals surface area contributed by atoms with Gasteiger partial charge in [0.1, 0.15) is 5.75 Å². The molecule has 3 aromatic rings. The molecule has 1 heterocycles. The van der Waals surface area contributed by atoms with Gasteiger partial charge in [0.25, 0.3) is 17.7 Å². The topological polar surface area (TPSA) is 122 Å². The lowest BCUT2D eigenvalue weighted by Gasteiger charge is -2.13. The van der Waals surface area contributed by atoms with E-state index in [1.807, 2.05) is 0 Å². The van der Waals surface area contributed by atoms with E-state index in [0.29, 0.717) is 35.3 Å². The van der Waals surface area contributed by atoms with E-state index in [2.05, 4.69) is 10.6 Å². The van der Waals surface area contributed by atoms with Crippen LogP contribution in [0, 0.1) is 0 Å². The Bertz CT molecular complexity index is 1330. The second-order valence-corrected chi connectivity index (χ2v) is 8.46. The first kappa shape index (κ1) is 25.3. The van der Waals surface area contributed by atoms with Gasteiger partial charge in [0.2, 0.25) is 5.91 Å². The lowest BCUT2D eigenvalue weighted by molar-refractivity contribution is -0.131. The Morgan fingerprint density at radius 3 is 2.19 bits per heavy atom. The van der Waals surface area contributed by atoms with Crippen LogP contribution in [-0.4, -0.2) is 41.0 Å². The van der Waals surface area contributed by atoms with Crippen LogP contribution in [0.25, 0.3) is 0 Å². The number of carbonyl (C=O) groups is 5. The van der Waals surface area contributed by atoms with E-state index in [1.54, 1.807) is 66.7 Å². The van der Waals surface area contributed by atoms with Crippen LogP contribution in [0.5, 0.6) is 5.75 Å². The Labute approximate surface area is 213 Å². The highest BCUT2D eigenvalue weighted by Crippen LogP contribution is 2.22. The Hall–Kier alpha value is -4.79. The monoisotopic (exact) mass is 499 g/mol. The molecule has 4 amide bonds. The summed E-state index contributed by atoms with van der Waals surface area (Å²) >= 11 is 0. The summed E-state index contributed by atoms with van der Waals surface area (Å²) in [7, 11) is 0. The summed E-state index contributed by atoms with van der Waals surface area (Å²) in [6, 6.07) is 20.0. The van der Waals surface area contributed by atoms with Crippen LogP contribution in [0.15, 0.2) is 72.8 Å². The number of benzene rings is 3. The summed E-state index contributed by atoms with van der Waals surface area (Å²) in [5.41, 5.74) is 2.54. The Morgan fingerprint density at radius 2 is 1.54 bits per heavy atom. The van der Waals surface area contributed by atoms with Crippen LogP contribution in [-0.2, 0) is 16.1 Å². The molecule has 0 saturated carbocycles. The van der Waals surface area contributed by atoms with Crippen molar-refractivity contribution in [1.82, 2.24) is 10.2 Å². The number of esters is 1. The summed E-state index contributed by atoms with van der Waals surface area (Å²) in [4.78, 5) is 61.8. The Kier molecular flexibility index (Phi) is 7.73. The van der Waals surface area contributed by atoms with Crippen molar-refractivity contribution in [2.45, 2.75) is 26.3 Å². The van der Waals surface area contributed by atoms with Gasteiger partial charge in [-0.1, -0.05) is 30.3 Å². The molecular weight excluding hydrogens is 474 g/mol. The second-order valence-electron chi connectivity index (χ2n) is 8.46. The van der Waals surface area contributed by atoms with E-state index in [9.17, 15) is 24.0 Å². The van der Waals surface area contributed by atoms with Crippen molar-refractivity contribution in [2.24, 2.45) is 0 Å². The van der Waals surface area contributed by atoms with E-state index in [-0.39, 0.29) is 42.3 Å². The molecule has 4 rings (SSSR count). The van der Waals surface area contributed by atoms with E-state index in [1.165, 1.54) is 17.9 Å². The van der Waals surface area contributed by atoms with Crippen LogP contribution in [0.1, 0.15) is 56.4 Å². The fourth-order valence-corrected chi connectivity index (χ4v) is 3.90. The van der Waals surface area contributed by atoms with E-state index >= 15 is 0 Å². The molecule has 0 radical (unpaired) electrons. The van der Waals surface area contributed by atoms with Gasteiger partial charge in [-0.3, -0.25) is 28.9 Å². The van der Waals surface area contributed by atoms with Crippen molar-refractivity contribution >= 4 is 35.3 Å². The molecule has 0 unspecified atom stereocenters. The molecule has 37 heavy (non-hydrogen) atoms. The van der Waals surface area contributed by atoms with Gasteiger partial charge in [0.15, 0.2) is 0 Å². The van der Waals surface area contributed by atoms with Gasteiger partial charge in [-0.15, -0.1) is 0 Å². The number of rotatable bonds is 9. The molecule has 9 heteroatoms. The number of carbonyl (C=O) groups excluding carboxylic acids is 5. The predicted octanol–water partition coefficient (Wildman–Crippen LogP) is 3.56. The number of imide groups is 1. The number of ether oxygens (including phenoxy) is 1. The highest BCUT2D eigenvalue weighted by Gasteiger charge is 2.34. The molecule has 0 saturated heterocycles. The zero-order valence-corrected chi connectivity index (χ0v) is 20.2. The molecule has 0 bridgehead atoms. The molecule has 1 aliphatic heterocycles. The van der Waals surface area contributed by atoms with Gasteiger partial charge in [0.05, 0.1) is 11.1 Å². The average molecular weight is 500 g/mol. The summed E-state index contributed by atoms with van der Waals surface area (Å²) in [6.45, 7) is 1.76. The summed E-state index contributed by atoms with van der Waals surface area (Å²) < 4.78 is 5.00. The fourth-order valence-electron chi connectivity index (χ4n) is 3.90. The van der Waals surface area contributed by atoms with Gasteiger partial charge >= 0.3 is 5.97 Å². The highest BCUT2D eigenvalue weighted by molar-refractivity contribution is 6.21. The van der Waals surface area contributed by atoms with Crippen LogP contribution < -0.4 is 15.4 Å². The highest BCUT2D eigenvalue weighted by atomic mass is 16.5. The van der Waals surface area contributed by atoms with Crippen LogP contribution >= 0.6 is 0 Å². The minimum Gasteiger partial charge on any atom is -0.427 e. The Morgan fingerprint density at radius 1 is 0.865 bits per heavy atom. The van der Waals surface area contributed by atoms with Gasteiger partial charge in [-0.25, -0.2) is 0 Å². The quantitative estimate of drug-likeness (QED) is 0.264. The summed E-state index contributed by atoms with van der Waals surface area (Å²) in [6.07, 6.45) is 0.537. The van der Waals surface area contributed by atoms with Crippen molar-refractivity contribution in [3.05, 3.63) is 95.1 Å². The molecule has 188 valence electrons. The summed E-state index contributed by atoms with van der Waals surface area (Å²) in [5, 5.41) is 5.59. The first-order valence-corrected chi connectivity index (χ1v) is 11.7. The minimum absolute atomic E-state index is 0.175. The molecule has 9 nitrogen and oxygen atoms in total. The summed E-state index contributed by atoms with van der Waals surface area (Å²) in [5.74, 6) is -1.39. The van der Waals surface area contributed by atoms with Crippen molar-refractivity contribution in [3.8, 4) is 5.75 Å². The third-order valence-electron chi connectivity index (χ3n) is 5.72. The normalized spacial score (nSPS) is 12.2. The largest absolute Gasteiger partial charge is 0.427 e. The molecule has 0 spiro atoms. The van der Waals surface area contributed by atoms with Gasteiger partial charge < -0.3 is 15.4 Å². The van der Waals surface area contributed by atoms with Crippen LogP contribution in [0.2, 0.25) is 0 Å². The first-order valence-electron chi connectivity index (χ1n) is 11.7. The molecule has 0 atom stereocenters. The van der Waals surface area contributed by atoms with Crippen molar-refractivity contribution in [2.75, 3.05) is 11.9 Å². The molecule has 3 aromatic carbocycles. The fraction of sp³-hybridized carbons (Fsp3) is 0.179. The molecule has 0 fully saturated rings. The second kappa shape index (κ2) is 11.3. The number of hydrogen-bond donors (Lipinski definition) is 2. The third kappa shape index (κ3) is 6.26. The number of anilines is 1. The number of fused-ring (bicyclic) bond motifs is 1. The maximum atomic E-state index is 12.5. The molecule has 1 aliphatic rings. The van der Waals surface area contributed by atoms with E-state index in [4.69, 9.17) is 4.74 Å². The maximum Gasteiger partial charge on any atom is 0.308 e. The third-order valence-corrected chi connectivity index (χ3v) is 5.72. The lowest BCUT2D eigenvalue weighted by atomic mass is 10.1. The van der Waals surface area contributed by atoms with E-state index < -0.39 is 5.97 Å². The molecule has 0 aliphatic carbocycles. The van der Waals surface area contributed by atoms with Gasteiger partial charge in [0, 0.05) is 37.7 Å². The number of amides is 4. The van der Waals surface area contributed by atoms with Crippen LogP contribution in [0.3, 0.4) is 0 Å². The zero-order chi connectivity index (χ0) is 26.4. The van der Waals surface area contributed by atoms with Gasteiger partial charge in [-0.05, 0) is 54.4 Å². The van der Waals surface area contributed by atoms with Crippen molar-refractivity contribution < 1.29 is 28.7 Å². The van der Waals surface area contributed by atoms with Crippen LogP contribution in [0.4, 0.5) is 5.69 Å². The van der Waals surface area contributed by atoms with Gasteiger partial charge in [-0.2, -0.15) is 0 Å². The number of nitrogens with one attached hydrogen (secondary N) is 2. The zero-order valence-electron chi connectivity index (χ0n) is 20.2. The lowest BCUT2D eigenvalue weighted by Crippen LogP contribution is -2.32. The Balaban J connectivity index is 1.21. The SMILES string of the molecule is CC(=O)Oc1cccc(C(=O)Nc2ccc(CNC(=O)CCCN3C(=O)c4ccccc4C3=O)cc2)c1. The maximum absolute atomic E-state index is 12.5. The number of hydrogen-bond acceptors (Lipinski definition) is 6. The smallest absolute Gasteiger partial charge is 0.308 e. The van der Waals surface area contributed by atoms with Crippen molar-refractivity contribution in [3.63, 3.8) is 0 Å². The molecular formula is C28H25N3O6. The first-order chi connectivity index (χ1) is 17.8. The molecule has 0 aromatic heterocycles. The standard InChI is InChI=1S/C28H25N3O6/c1-18(32)37-22-7-4-6-20(16-22)26(34)30-21-13-11-19(12-14-21)17-29-25(33)10-5-15-31-27(35)23-8-2-3-9-24(23)28(31)36/h2-4,6-9,11-14,16H,5,10,15,17H2,1H3,(H,29,33)(H,30,34). The number of nitrogens with zero attached hydrogens (tertiary/aromatic N) is 1.